The van der Waals surface area contributed by atoms with Gasteiger partial charge in [-0.2, -0.15) is 0 Å². The summed E-state index contributed by atoms with van der Waals surface area (Å²) in [6.07, 6.45) is 1.57. The average molecular weight is 237 g/mol. The van der Waals surface area contributed by atoms with E-state index in [1.807, 2.05) is 6.07 Å². The summed E-state index contributed by atoms with van der Waals surface area (Å²) < 4.78 is 0. The van der Waals surface area contributed by atoms with E-state index in [0.717, 1.165) is 16.6 Å². The molecular formula is C11H13NOP2. The zero-order valence-electron chi connectivity index (χ0n) is 8.29. The SMILES string of the molecule is C=CNc1cc(C(=C)P)cc(C(=O)P)c1. The van der Waals surface area contributed by atoms with Gasteiger partial charge < -0.3 is 5.32 Å². The van der Waals surface area contributed by atoms with E-state index in [9.17, 15) is 4.79 Å². The topological polar surface area (TPSA) is 29.1 Å². The Kier molecular flexibility index (Phi) is 4.20. The number of hydrogen-bond donors (Lipinski definition) is 1. The minimum absolute atomic E-state index is 0.0461. The lowest BCUT2D eigenvalue weighted by atomic mass is 10.1. The highest BCUT2D eigenvalue weighted by molar-refractivity contribution is 7.41. The molecule has 15 heavy (non-hydrogen) atoms. The number of nitrogens with one attached hydrogen (secondary N) is 1. The van der Waals surface area contributed by atoms with Gasteiger partial charge in [0.25, 0.3) is 0 Å². The van der Waals surface area contributed by atoms with Crippen molar-refractivity contribution in [2.24, 2.45) is 0 Å². The van der Waals surface area contributed by atoms with Gasteiger partial charge in [0.15, 0.2) is 5.52 Å². The first-order valence-corrected chi connectivity index (χ1v) is 5.47. The van der Waals surface area contributed by atoms with Crippen molar-refractivity contribution in [3.8, 4) is 0 Å². The van der Waals surface area contributed by atoms with E-state index in [1.54, 1.807) is 18.3 Å². The number of rotatable bonds is 4. The normalized spacial score (nSPS) is 9.47. The summed E-state index contributed by atoms with van der Waals surface area (Å²) in [7, 11) is 4.68. The molecule has 0 radical (unpaired) electrons. The van der Waals surface area contributed by atoms with Crippen molar-refractivity contribution in [2.45, 2.75) is 0 Å². The molecule has 0 aromatic heterocycles. The molecule has 0 saturated carbocycles. The van der Waals surface area contributed by atoms with E-state index >= 15 is 0 Å². The molecule has 1 aromatic carbocycles. The van der Waals surface area contributed by atoms with Crippen LogP contribution in [0.4, 0.5) is 5.69 Å². The van der Waals surface area contributed by atoms with Crippen molar-refractivity contribution in [2.75, 3.05) is 5.32 Å². The van der Waals surface area contributed by atoms with Crippen LogP contribution < -0.4 is 5.32 Å². The molecule has 2 atom stereocenters. The Balaban J connectivity index is 3.25. The molecule has 78 valence electrons. The van der Waals surface area contributed by atoms with Gasteiger partial charge in [0.05, 0.1) is 0 Å². The molecule has 0 fully saturated rings. The molecule has 0 amide bonds. The fraction of sp³-hybridized carbons (Fsp3) is 0. The predicted octanol–water partition coefficient (Wildman–Crippen LogP) is 3.10. The molecular weight excluding hydrogens is 224 g/mol. The third kappa shape index (κ3) is 3.27. The maximum absolute atomic E-state index is 11.2. The first-order valence-electron chi connectivity index (χ1n) is 4.31. The summed E-state index contributed by atoms with van der Waals surface area (Å²) in [5.74, 6) is 0. The van der Waals surface area contributed by atoms with Gasteiger partial charge in [-0.25, -0.2) is 0 Å². The summed E-state index contributed by atoms with van der Waals surface area (Å²) in [5.41, 5.74) is 2.33. The maximum atomic E-state index is 11.2. The highest BCUT2D eigenvalue weighted by atomic mass is 31.0. The summed E-state index contributed by atoms with van der Waals surface area (Å²) in [6.45, 7) is 7.39. The van der Waals surface area contributed by atoms with Crippen LogP contribution in [0.1, 0.15) is 15.9 Å². The van der Waals surface area contributed by atoms with Gasteiger partial charge in [-0.3, -0.25) is 4.79 Å². The van der Waals surface area contributed by atoms with E-state index in [2.05, 4.69) is 37.0 Å². The predicted molar refractivity (Wildman–Crippen MR) is 73.0 cm³/mol. The molecule has 0 spiro atoms. The molecule has 0 saturated heterocycles. The molecule has 4 heteroatoms. The van der Waals surface area contributed by atoms with Crippen LogP contribution in [0.15, 0.2) is 37.6 Å². The quantitative estimate of drug-likeness (QED) is 0.815. The summed E-state index contributed by atoms with van der Waals surface area (Å²) in [4.78, 5) is 11.2. The van der Waals surface area contributed by atoms with Gasteiger partial charge in [-0.05, 0) is 35.3 Å². The lowest BCUT2D eigenvalue weighted by molar-refractivity contribution is 0.108. The standard InChI is InChI=1S/C11H13NOP2/c1-3-12-10-5-8(7(2)14)4-9(6-10)11(13)15/h3-6,12H,1-2,14-15H2. The average Bonchev–Trinajstić information content (AvgIpc) is 2.17. The van der Waals surface area contributed by atoms with Crippen LogP contribution in [0.2, 0.25) is 0 Å². The highest BCUT2D eigenvalue weighted by Gasteiger charge is 2.04. The van der Waals surface area contributed by atoms with Crippen molar-refractivity contribution in [3.63, 3.8) is 0 Å². The number of carbonyl (C=O) groups is 1. The zero-order chi connectivity index (χ0) is 11.4. The third-order valence-corrected chi connectivity index (χ3v) is 2.52. The Morgan fingerprint density at radius 3 is 2.33 bits per heavy atom. The van der Waals surface area contributed by atoms with E-state index in [0.29, 0.717) is 5.56 Å². The van der Waals surface area contributed by atoms with Crippen molar-refractivity contribution in [1.29, 1.82) is 0 Å². The lowest BCUT2D eigenvalue weighted by Crippen LogP contribution is -1.94. The molecule has 0 bridgehead atoms. The number of hydrogen-bond acceptors (Lipinski definition) is 2. The Morgan fingerprint density at radius 2 is 1.87 bits per heavy atom. The van der Waals surface area contributed by atoms with Gasteiger partial charge in [-0.15, -0.1) is 9.24 Å². The van der Waals surface area contributed by atoms with Gasteiger partial charge >= 0.3 is 0 Å². The smallest absolute Gasteiger partial charge is 0.178 e. The van der Waals surface area contributed by atoms with Crippen LogP contribution >= 0.6 is 18.5 Å². The van der Waals surface area contributed by atoms with Crippen molar-refractivity contribution < 1.29 is 4.79 Å². The Labute approximate surface area is 94.2 Å². The summed E-state index contributed by atoms with van der Waals surface area (Å²) >= 11 is 0. The molecule has 1 aromatic rings. The van der Waals surface area contributed by atoms with Crippen molar-refractivity contribution >= 4 is 35.0 Å². The number of carbonyl (C=O) groups excluding carboxylic acids is 1. The maximum Gasteiger partial charge on any atom is 0.178 e. The minimum atomic E-state index is -0.0461. The van der Waals surface area contributed by atoms with Crippen LogP contribution in [-0.2, 0) is 0 Å². The largest absolute Gasteiger partial charge is 0.362 e. The van der Waals surface area contributed by atoms with Crippen molar-refractivity contribution in [3.05, 3.63) is 48.7 Å². The summed E-state index contributed by atoms with van der Waals surface area (Å²) in [6, 6.07) is 5.49. The van der Waals surface area contributed by atoms with Crippen LogP contribution in [0.3, 0.4) is 0 Å². The van der Waals surface area contributed by atoms with Crippen LogP contribution in [0, 0.1) is 0 Å². The van der Waals surface area contributed by atoms with Gasteiger partial charge in [0.2, 0.25) is 0 Å². The minimum Gasteiger partial charge on any atom is -0.362 e. The van der Waals surface area contributed by atoms with Crippen LogP contribution in [0.25, 0.3) is 5.31 Å². The van der Waals surface area contributed by atoms with Gasteiger partial charge in [0.1, 0.15) is 0 Å². The first kappa shape index (κ1) is 12.1. The van der Waals surface area contributed by atoms with Gasteiger partial charge in [-0.1, -0.05) is 22.4 Å². The molecule has 2 nitrogen and oxygen atoms in total. The second kappa shape index (κ2) is 5.21. The first-order chi connectivity index (χ1) is 7.04. The number of benzene rings is 1. The summed E-state index contributed by atoms with van der Waals surface area (Å²) in [5, 5.41) is 3.79. The second-order valence-electron chi connectivity index (χ2n) is 3.04. The molecule has 0 aliphatic rings. The van der Waals surface area contributed by atoms with E-state index in [1.165, 1.54) is 0 Å². The Morgan fingerprint density at radius 1 is 1.27 bits per heavy atom. The molecule has 0 heterocycles. The molecule has 1 rings (SSSR count). The number of anilines is 1. The van der Waals surface area contributed by atoms with Crippen LogP contribution in [0.5, 0.6) is 0 Å². The highest BCUT2D eigenvalue weighted by Crippen LogP contribution is 2.25. The molecule has 0 aliphatic heterocycles. The third-order valence-electron chi connectivity index (χ3n) is 1.86. The fourth-order valence-electron chi connectivity index (χ4n) is 1.16. The van der Waals surface area contributed by atoms with Gasteiger partial charge in [0, 0.05) is 11.3 Å². The van der Waals surface area contributed by atoms with E-state index in [-0.39, 0.29) is 5.52 Å². The molecule has 2 unspecified atom stereocenters. The molecule has 1 N–H and O–H groups in total. The Bertz CT molecular complexity index is 394. The fourth-order valence-corrected chi connectivity index (χ4v) is 1.49. The monoisotopic (exact) mass is 237 g/mol. The Hall–Kier alpha value is -0.970. The van der Waals surface area contributed by atoms with Crippen molar-refractivity contribution in [1.82, 2.24) is 0 Å². The van der Waals surface area contributed by atoms with Crippen LogP contribution in [-0.4, -0.2) is 5.52 Å². The zero-order valence-corrected chi connectivity index (χ0v) is 10.6. The van der Waals surface area contributed by atoms with E-state index < -0.39 is 0 Å². The molecule has 0 aliphatic carbocycles. The lowest BCUT2D eigenvalue weighted by Gasteiger charge is -2.07. The second-order valence-corrected chi connectivity index (χ2v) is 4.26. The van der Waals surface area contributed by atoms with E-state index in [4.69, 9.17) is 0 Å².